The zero-order chi connectivity index (χ0) is 13.6. The maximum absolute atomic E-state index is 11.8. The molecule has 5 nitrogen and oxygen atoms in total. The van der Waals surface area contributed by atoms with Gasteiger partial charge in [0.25, 0.3) is 5.91 Å². The largest absolute Gasteiger partial charge is 0.349 e. The fourth-order valence-electron chi connectivity index (χ4n) is 1.34. The Morgan fingerprint density at radius 3 is 2.78 bits per heavy atom. The van der Waals surface area contributed by atoms with Crippen LogP contribution < -0.4 is 10.0 Å². The zero-order valence-corrected chi connectivity index (χ0v) is 11.0. The summed E-state index contributed by atoms with van der Waals surface area (Å²) in [6.45, 7) is 5.82. The van der Waals surface area contributed by atoms with Crippen LogP contribution in [0.15, 0.2) is 41.8 Å². The molecule has 0 aromatic heterocycles. The molecule has 1 aromatic carbocycles. The first-order valence-corrected chi connectivity index (χ1v) is 6.98. The predicted octanol–water partition coefficient (Wildman–Crippen LogP) is 0.901. The average Bonchev–Trinajstić information content (AvgIpc) is 2.36. The summed E-state index contributed by atoms with van der Waals surface area (Å²) in [6.07, 6.45) is 1.55. The molecule has 0 saturated heterocycles. The van der Waals surface area contributed by atoms with Gasteiger partial charge in [0.15, 0.2) is 0 Å². The SMILES string of the molecule is C=CCNC(=O)c1cccc(S(=O)(=O)NCC)c1. The third-order valence-corrected chi connectivity index (χ3v) is 3.69. The summed E-state index contributed by atoms with van der Waals surface area (Å²) in [5.74, 6) is -0.330. The van der Waals surface area contributed by atoms with Crippen molar-refractivity contribution in [2.75, 3.05) is 13.1 Å². The number of sulfonamides is 1. The van der Waals surface area contributed by atoms with E-state index in [0.717, 1.165) is 0 Å². The van der Waals surface area contributed by atoms with Crippen LogP contribution in [-0.4, -0.2) is 27.4 Å². The predicted molar refractivity (Wildman–Crippen MR) is 69.8 cm³/mol. The van der Waals surface area contributed by atoms with Gasteiger partial charge in [-0.3, -0.25) is 4.79 Å². The maximum Gasteiger partial charge on any atom is 0.251 e. The highest BCUT2D eigenvalue weighted by Crippen LogP contribution is 2.11. The molecule has 0 bridgehead atoms. The van der Waals surface area contributed by atoms with E-state index in [1.807, 2.05) is 0 Å². The third kappa shape index (κ3) is 3.68. The van der Waals surface area contributed by atoms with Crippen LogP contribution in [0, 0.1) is 0 Å². The smallest absolute Gasteiger partial charge is 0.251 e. The standard InChI is InChI=1S/C12H16N2O3S/c1-3-8-13-12(15)10-6-5-7-11(9-10)18(16,17)14-4-2/h3,5-7,9,14H,1,4,8H2,2H3,(H,13,15). The molecule has 0 unspecified atom stereocenters. The number of carbonyl (C=O) groups excluding carboxylic acids is 1. The van der Waals surface area contributed by atoms with Gasteiger partial charge in [-0.15, -0.1) is 6.58 Å². The van der Waals surface area contributed by atoms with Gasteiger partial charge in [0.05, 0.1) is 4.90 Å². The minimum absolute atomic E-state index is 0.0793. The molecule has 1 amide bonds. The minimum atomic E-state index is -3.54. The van der Waals surface area contributed by atoms with E-state index in [4.69, 9.17) is 0 Å². The van der Waals surface area contributed by atoms with Crippen molar-refractivity contribution in [1.82, 2.24) is 10.0 Å². The number of carbonyl (C=O) groups is 1. The third-order valence-electron chi connectivity index (χ3n) is 2.15. The monoisotopic (exact) mass is 268 g/mol. The van der Waals surface area contributed by atoms with Crippen LogP contribution >= 0.6 is 0 Å². The van der Waals surface area contributed by atoms with E-state index >= 15 is 0 Å². The van der Waals surface area contributed by atoms with Gasteiger partial charge in [-0.25, -0.2) is 13.1 Å². The Morgan fingerprint density at radius 1 is 1.44 bits per heavy atom. The van der Waals surface area contributed by atoms with Crippen molar-refractivity contribution in [2.24, 2.45) is 0 Å². The molecule has 98 valence electrons. The number of amides is 1. The Balaban J connectivity index is 2.99. The Hall–Kier alpha value is -1.66. The second kappa shape index (κ2) is 6.32. The van der Waals surface area contributed by atoms with Crippen LogP contribution in [0.25, 0.3) is 0 Å². The number of benzene rings is 1. The highest BCUT2D eigenvalue weighted by molar-refractivity contribution is 7.89. The lowest BCUT2D eigenvalue weighted by Crippen LogP contribution is -2.25. The van der Waals surface area contributed by atoms with Crippen LogP contribution in [0.3, 0.4) is 0 Å². The summed E-state index contributed by atoms with van der Waals surface area (Å²) < 4.78 is 25.9. The van der Waals surface area contributed by atoms with Crippen molar-refractivity contribution in [3.05, 3.63) is 42.5 Å². The lowest BCUT2D eigenvalue weighted by Gasteiger charge is -2.07. The molecular formula is C12H16N2O3S. The normalized spacial score (nSPS) is 10.9. The molecule has 1 rings (SSSR count). The average molecular weight is 268 g/mol. The number of nitrogens with one attached hydrogen (secondary N) is 2. The summed E-state index contributed by atoms with van der Waals surface area (Å²) in [5, 5.41) is 2.59. The van der Waals surface area contributed by atoms with Crippen LogP contribution in [0.5, 0.6) is 0 Å². The summed E-state index contributed by atoms with van der Waals surface area (Å²) in [7, 11) is -3.54. The van der Waals surface area contributed by atoms with Crippen molar-refractivity contribution in [3.8, 4) is 0 Å². The van der Waals surface area contributed by atoms with Gasteiger partial charge in [-0.2, -0.15) is 0 Å². The summed E-state index contributed by atoms with van der Waals surface area (Å²) in [5.41, 5.74) is 0.302. The molecule has 0 spiro atoms. The molecule has 0 heterocycles. The number of hydrogen-bond acceptors (Lipinski definition) is 3. The van der Waals surface area contributed by atoms with Crippen molar-refractivity contribution < 1.29 is 13.2 Å². The van der Waals surface area contributed by atoms with E-state index in [1.54, 1.807) is 19.1 Å². The quantitative estimate of drug-likeness (QED) is 0.753. The van der Waals surface area contributed by atoms with Crippen LogP contribution in [0.4, 0.5) is 0 Å². The van der Waals surface area contributed by atoms with Gasteiger partial charge < -0.3 is 5.32 Å². The molecule has 0 radical (unpaired) electrons. The molecule has 0 fully saturated rings. The van der Waals surface area contributed by atoms with Gasteiger partial charge in [0.2, 0.25) is 10.0 Å². The van der Waals surface area contributed by atoms with Crippen molar-refractivity contribution in [1.29, 1.82) is 0 Å². The molecule has 18 heavy (non-hydrogen) atoms. The van der Waals surface area contributed by atoms with E-state index < -0.39 is 10.0 Å². The lowest BCUT2D eigenvalue weighted by atomic mass is 10.2. The van der Waals surface area contributed by atoms with E-state index in [1.165, 1.54) is 18.2 Å². The first kappa shape index (κ1) is 14.4. The second-order valence-corrected chi connectivity index (χ2v) is 5.29. The van der Waals surface area contributed by atoms with Crippen LogP contribution in [0.2, 0.25) is 0 Å². The van der Waals surface area contributed by atoms with Crippen LogP contribution in [-0.2, 0) is 10.0 Å². The van der Waals surface area contributed by atoms with Gasteiger partial charge in [0.1, 0.15) is 0 Å². The van der Waals surface area contributed by atoms with E-state index in [2.05, 4.69) is 16.6 Å². The van der Waals surface area contributed by atoms with Gasteiger partial charge in [-0.05, 0) is 18.2 Å². The first-order chi connectivity index (χ1) is 8.51. The van der Waals surface area contributed by atoms with E-state index in [9.17, 15) is 13.2 Å². The highest BCUT2D eigenvalue weighted by atomic mass is 32.2. The second-order valence-electron chi connectivity index (χ2n) is 3.53. The molecule has 0 saturated carbocycles. The fourth-order valence-corrected chi connectivity index (χ4v) is 2.43. The molecule has 2 N–H and O–H groups in total. The Kier molecular flexibility index (Phi) is 5.06. The molecule has 0 aliphatic rings. The van der Waals surface area contributed by atoms with E-state index in [-0.39, 0.29) is 10.8 Å². The maximum atomic E-state index is 11.8. The summed E-state index contributed by atoms with van der Waals surface area (Å²) in [6, 6.07) is 5.88. The first-order valence-electron chi connectivity index (χ1n) is 5.50. The van der Waals surface area contributed by atoms with Crippen molar-refractivity contribution >= 4 is 15.9 Å². The Morgan fingerprint density at radius 2 is 2.17 bits per heavy atom. The zero-order valence-electron chi connectivity index (χ0n) is 10.1. The van der Waals surface area contributed by atoms with E-state index in [0.29, 0.717) is 18.7 Å². The highest BCUT2D eigenvalue weighted by Gasteiger charge is 2.14. The molecule has 0 atom stereocenters. The molecule has 0 aliphatic carbocycles. The van der Waals surface area contributed by atoms with Gasteiger partial charge >= 0.3 is 0 Å². The van der Waals surface area contributed by atoms with Crippen molar-refractivity contribution in [2.45, 2.75) is 11.8 Å². The number of rotatable bonds is 6. The summed E-state index contributed by atoms with van der Waals surface area (Å²) in [4.78, 5) is 11.7. The molecule has 6 heteroatoms. The molecular weight excluding hydrogens is 252 g/mol. The lowest BCUT2D eigenvalue weighted by molar-refractivity contribution is 0.0958. The molecule has 0 aliphatic heterocycles. The topological polar surface area (TPSA) is 75.3 Å². The fraction of sp³-hybridized carbons (Fsp3) is 0.250. The minimum Gasteiger partial charge on any atom is -0.349 e. The Labute approximate surface area is 107 Å². The number of hydrogen-bond donors (Lipinski definition) is 2. The Bertz CT molecular complexity index is 538. The van der Waals surface area contributed by atoms with Crippen LogP contribution in [0.1, 0.15) is 17.3 Å². The molecule has 1 aromatic rings. The van der Waals surface area contributed by atoms with Gasteiger partial charge in [0, 0.05) is 18.7 Å². The van der Waals surface area contributed by atoms with Crippen molar-refractivity contribution in [3.63, 3.8) is 0 Å². The summed E-state index contributed by atoms with van der Waals surface area (Å²) >= 11 is 0. The van der Waals surface area contributed by atoms with Gasteiger partial charge in [-0.1, -0.05) is 19.1 Å².